The van der Waals surface area contributed by atoms with E-state index in [0.717, 1.165) is 30.5 Å². The summed E-state index contributed by atoms with van der Waals surface area (Å²) < 4.78 is 0. The molecule has 2 nitrogen and oxygen atoms in total. The van der Waals surface area contributed by atoms with Gasteiger partial charge in [0.2, 0.25) is 0 Å². The van der Waals surface area contributed by atoms with Crippen LogP contribution in [0.1, 0.15) is 39.0 Å². The minimum absolute atomic E-state index is 0.734. The molecule has 0 spiro atoms. The highest BCUT2D eigenvalue weighted by Crippen LogP contribution is 2.31. The van der Waals surface area contributed by atoms with Gasteiger partial charge in [-0.15, -0.1) is 0 Å². The first-order valence-electron chi connectivity index (χ1n) is 5.77. The first-order valence-corrected chi connectivity index (χ1v) is 5.77. The predicted octanol–water partition coefficient (Wildman–Crippen LogP) is 1.50. The molecule has 0 amide bonds. The lowest BCUT2D eigenvalue weighted by Crippen LogP contribution is -2.49. The van der Waals surface area contributed by atoms with Crippen molar-refractivity contribution in [3.05, 3.63) is 0 Å². The predicted molar refractivity (Wildman–Crippen MR) is 55.5 cm³/mol. The average molecular weight is 182 g/mol. The number of nitrogens with one attached hydrogen (secondary N) is 1. The van der Waals surface area contributed by atoms with E-state index in [1.165, 1.54) is 32.1 Å². The zero-order chi connectivity index (χ0) is 9.26. The minimum atomic E-state index is 0.734. The third-order valence-electron chi connectivity index (χ3n) is 4.01. The van der Waals surface area contributed by atoms with Gasteiger partial charge in [-0.1, -0.05) is 13.3 Å². The lowest BCUT2D eigenvalue weighted by Gasteiger charge is -2.38. The lowest BCUT2D eigenvalue weighted by atomic mass is 9.80. The Labute approximate surface area is 81.3 Å². The second-order valence-electron chi connectivity index (χ2n) is 4.86. The normalized spacial score (nSPS) is 44.8. The monoisotopic (exact) mass is 182 g/mol. The quantitative estimate of drug-likeness (QED) is 0.694. The largest absolute Gasteiger partial charge is 0.330 e. The van der Waals surface area contributed by atoms with Gasteiger partial charge in [-0.3, -0.25) is 0 Å². The summed E-state index contributed by atoms with van der Waals surface area (Å²) in [7, 11) is 0. The summed E-state index contributed by atoms with van der Waals surface area (Å²) in [6.45, 7) is 3.23. The molecule has 0 saturated heterocycles. The smallest absolute Gasteiger partial charge is 0.0110 e. The summed E-state index contributed by atoms with van der Waals surface area (Å²) in [4.78, 5) is 0. The van der Waals surface area contributed by atoms with Crippen molar-refractivity contribution < 1.29 is 0 Å². The van der Waals surface area contributed by atoms with Crippen molar-refractivity contribution in [2.75, 3.05) is 6.54 Å². The van der Waals surface area contributed by atoms with Crippen molar-refractivity contribution >= 4 is 0 Å². The van der Waals surface area contributed by atoms with E-state index in [2.05, 4.69) is 12.2 Å². The zero-order valence-electron chi connectivity index (χ0n) is 8.63. The first kappa shape index (κ1) is 9.47. The molecule has 2 fully saturated rings. The van der Waals surface area contributed by atoms with Crippen LogP contribution < -0.4 is 11.1 Å². The van der Waals surface area contributed by atoms with Crippen LogP contribution in [0.5, 0.6) is 0 Å². The maximum atomic E-state index is 5.75. The van der Waals surface area contributed by atoms with Crippen LogP contribution in [0.3, 0.4) is 0 Å². The molecule has 2 aliphatic carbocycles. The second kappa shape index (κ2) is 3.97. The van der Waals surface area contributed by atoms with Crippen molar-refractivity contribution in [1.29, 1.82) is 0 Å². The molecule has 0 heterocycles. The van der Waals surface area contributed by atoms with E-state index >= 15 is 0 Å². The van der Waals surface area contributed by atoms with Crippen LogP contribution in [-0.4, -0.2) is 18.6 Å². The van der Waals surface area contributed by atoms with E-state index in [1.807, 2.05) is 0 Å². The van der Waals surface area contributed by atoms with E-state index in [1.54, 1.807) is 0 Å². The third-order valence-corrected chi connectivity index (χ3v) is 4.01. The second-order valence-corrected chi connectivity index (χ2v) is 4.86. The lowest BCUT2D eigenvalue weighted by molar-refractivity contribution is 0.196. The fraction of sp³-hybridized carbons (Fsp3) is 1.00. The Balaban J connectivity index is 1.79. The molecule has 0 radical (unpaired) electrons. The zero-order valence-corrected chi connectivity index (χ0v) is 8.63. The molecule has 4 unspecified atom stereocenters. The molecule has 2 heteroatoms. The van der Waals surface area contributed by atoms with Crippen LogP contribution in [-0.2, 0) is 0 Å². The number of hydrogen-bond donors (Lipinski definition) is 2. The summed E-state index contributed by atoms with van der Waals surface area (Å²) in [5.41, 5.74) is 5.75. The van der Waals surface area contributed by atoms with Gasteiger partial charge in [0.1, 0.15) is 0 Å². The van der Waals surface area contributed by atoms with Crippen molar-refractivity contribution in [3.8, 4) is 0 Å². The Morgan fingerprint density at radius 1 is 1.15 bits per heavy atom. The average Bonchev–Trinajstić information content (AvgIpc) is 2.58. The van der Waals surface area contributed by atoms with Gasteiger partial charge < -0.3 is 11.1 Å². The molecule has 0 aliphatic heterocycles. The molecule has 0 aromatic heterocycles. The molecule has 0 aromatic carbocycles. The van der Waals surface area contributed by atoms with E-state index < -0.39 is 0 Å². The van der Waals surface area contributed by atoms with Crippen LogP contribution in [0, 0.1) is 11.8 Å². The van der Waals surface area contributed by atoms with E-state index in [0.29, 0.717) is 0 Å². The molecule has 4 atom stereocenters. The Morgan fingerprint density at radius 3 is 2.54 bits per heavy atom. The summed E-state index contributed by atoms with van der Waals surface area (Å²) in [5.74, 6) is 1.66. The minimum Gasteiger partial charge on any atom is -0.330 e. The number of hydrogen-bond acceptors (Lipinski definition) is 2. The highest BCUT2D eigenvalue weighted by Gasteiger charge is 2.33. The van der Waals surface area contributed by atoms with Gasteiger partial charge in [-0.05, 0) is 44.1 Å². The molecule has 13 heavy (non-hydrogen) atoms. The summed E-state index contributed by atoms with van der Waals surface area (Å²) in [6, 6.07) is 1.54. The van der Waals surface area contributed by atoms with Gasteiger partial charge >= 0.3 is 0 Å². The van der Waals surface area contributed by atoms with Gasteiger partial charge in [0.05, 0.1) is 0 Å². The molecule has 0 aromatic rings. The highest BCUT2D eigenvalue weighted by molar-refractivity contribution is 4.91. The summed E-state index contributed by atoms with van der Waals surface area (Å²) in [6.07, 6.45) is 6.87. The van der Waals surface area contributed by atoms with Gasteiger partial charge in [0, 0.05) is 12.1 Å². The Kier molecular flexibility index (Phi) is 2.89. The molecule has 2 rings (SSSR count). The third kappa shape index (κ3) is 1.89. The number of nitrogens with two attached hydrogens (primary N) is 1. The van der Waals surface area contributed by atoms with Crippen LogP contribution in [0.2, 0.25) is 0 Å². The molecule has 76 valence electrons. The van der Waals surface area contributed by atoms with Gasteiger partial charge in [0.25, 0.3) is 0 Å². The molecule has 3 N–H and O–H groups in total. The summed E-state index contributed by atoms with van der Waals surface area (Å²) in [5, 5.41) is 3.79. The molecule has 0 bridgehead atoms. The van der Waals surface area contributed by atoms with Crippen LogP contribution >= 0.6 is 0 Å². The molecule has 2 saturated carbocycles. The van der Waals surface area contributed by atoms with Crippen molar-refractivity contribution in [2.45, 2.75) is 51.1 Å². The molecular formula is C11H22N2. The Morgan fingerprint density at radius 2 is 2.00 bits per heavy atom. The topological polar surface area (TPSA) is 38.0 Å². The van der Waals surface area contributed by atoms with Crippen molar-refractivity contribution in [2.24, 2.45) is 17.6 Å². The molecular weight excluding hydrogens is 160 g/mol. The highest BCUT2D eigenvalue weighted by atomic mass is 15.0. The van der Waals surface area contributed by atoms with Crippen LogP contribution in [0.25, 0.3) is 0 Å². The van der Waals surface area contributed by atoms with Crippen LogP contribution in [0.4, 0.5) is 0 Å². The standard InChI is InChI=1S/C11H22N2/c1-8-5-6-10(8)13-11-4-2-3-9(11)7-12/h8-11,13H,2-7,12H2,1H3. The van der Waals surface area contributed by atoms with E-state index in [9.17, 15) is 0 Å². The SMILES string of the molecule is CC1CCC1NC1CCCC1CN. The van der Waals surface area contributed by atoms with Crippen LogP contribution in [0.15, 0.2) is 0 Å². The van der Waals surface area contributed by atoms with E-state index in [-0.39, 0.29) is 0 Å². The fourth-order valence-electron chi connectivity index (χ4n) is 2.73. The van der Waals surface area contributed by atoms with Gasteiger partial charge in [-0.2, -0.15) is 0 Å². The van der Waals surface area contributed by atoms with Crippen molar-refractivity contribution in [1.82, 2.24) is 5.32 Å². The number of rotatable bonds is 3. The maximum absolute atomic E-state index is 5.75. The fourth-order valence-corrected chi connectivity index (χ4v) is 2.73. The first-order chi connectivity index (χ1) is 6.31. The Hall–Kier alpha value is -0.0800. The summed E-state index contributed by atoms with van der Waals surface area (Å²) >= 11 is 0. The molecule has 2 aliphatic rings. The van der Waals surface area contributed by atoms with E-state index in [4.69, 9.17) is 5.73 Å². The van der Waals surface area contributed by atoms with Crippen molar-refractivity contribution in [3.63, 3.8) is 0 Å². The van der Waals surface area contributed by atoms with Gasteiger partial charge in [-0.25, -0.2) is 0 Å². The Bertz CT molecular complexity index is 169. The van der Waals surface area contributed by atoms with Gasteiger partial charge in [0.15, 0.2) is 0 Å². The maximum Gasteiger partial charge on any atom is 0.0110 e.